The highest BCUT2D eigenvalue weighted by Crippen LogP contribution is 2.25. The molecule has 7 heteroatoms. The summed E-state index contributed by atoms with van der Waals surface area (Å²) in [6.07, 6.45) is 14.3. The second kappa shape index (κ2) is 20.1. The van der Waals surface area contributed by atoms with Crippen LogP contribution in [0.25, 0.3) is 0 Å². The summed E-state index contributed by atoms with van der Waals surface area (Å²) >= 11 is 1.53. The van der Waals surface area contributed by atoms with Crippen LogP contribution in [0.5, 0.6) is 0 Å². The molecule has 0 aromatic rings. The first kappa shape index (κ1) is 29.2. The van der Waals surface area contributed by atoms with Crippen molar-refractivity contribution in [2.45, 2.75) is 114 Å². The Morgan fingerprint density at radius 3 is 2.00 bits per heavy atom. The molecule has 0 aliphatic heterocycles. The second-order valence-corrected chi connectivity index (χ2v) is 9.28. The van der Waals surface area contributed by atoms with Gasteiger partial charge in [-0.15, -0.1) is 0 Å². The van der Waals surface area contributed by atoms with Crippen molar-refractivity contribution in [3.05, 3.63) is 0 Å². The van der Waals surface area contributed by atoms with E-state index in [1.807, 2.05) is 0 Å². The van der Waals surface area contributed by atoms with Crippen LogP contribution >= 0.6 is 11.8 Å². The largest absolute Gasteiger partial charge is 0.469 e. The first-order valence-electron chi connectivity index (χ1n) is 11.7. The molecule has 0 amide bonds. The number of hydrogen-bond donors (Lipinski definition) is 2. The number of aliphatic hydroxyl groups excluding tert-OH is 1. The number of rotatable bonds is 20. The molecule has 3 atom stereocenters. The number of aliphatic hydroxyl groups is 1. The number of ether oxygens (including phenoxy) is 2. The Morgan fingerprint density at radius 2 is 1.43 bits per heavy atom. The number of carbonyl (C=O) groups excluding carboxylic acids is 2. The fourth-order valence-corrected chi connectivity index (χ4v) is 4.68. The zero-order chi connectivity index (χ0) is 22.6. The smallest absolute Gasteiger partial charge is 0.323 e. The SMILES string of the molecule is CCCCCCCCCCCC(O)C(CCCCC(=O)OC)SC[C@H](N)C(=O)OC. The van der Waals surface area contributed by atoms with Gasteiger partial charge in [0, 0.05) is 17.4 Å². The Balaban J connectivity index is 4.23. The minimum atomic E-state index is -0.683. The first-order valence-corrected chi connectivity index (χ1v) is 12.7. The average Bonchev–Trinajstić information content (AvgIpc) is 2.76. The lowest BCUT2D eigenvalue weighted by atomic mass is 10.0. The Kier molecular flexibility index (Phi) is 19.6. The van der Waals surface area contributed by atoms with Crippen LogP contribution in [0, 0.1) is 0 Å². The molecule has 0 heterocycles. The maximum Gasteiger partial charge on any atom is 0.323 e. The van der Waals surface area contributed by atoms with Crippen molar-refractivity contribution >= 4 is 23.7 Å². The summed E-state index contributed by atoms with van der Waals surface area (Å²) in [6.45, 7) is 2.24. The van der Waals surface area contributed by atoms with E-state index in [4.69, 9.17) is 5.73 Å². The summed E-state index contributed by atoms with van der Waals surface area (Å²) in [5.74, 6) is -0.217. The molecule has 0 aliphatic rings. The van der Waals surface area contributed by atoms with Gasteiger partial charge in [-0.1, -0.05) is 71.1 Å². The Morgan fingerprint density at radius 1 is 0.867 bits per heavy atom. The molecule has 0 aliphatic carbocycles. The van der Waals surface area contributed by atoms with Gasteiger partial charge in [0.25, 0.3) is 0 Å². The van der Waals surface area contributed by atoms with Crippen LogP contribution in [-0.4, -0.2) is 54.4 Å². The molecular weight excluding hydrogens is 402 g/mol. The van der Waals surface area contributed by atoms with Gasteiger partial charge in [-0.3, -0.25) is 9.59 Å². The van der Waals surface area contributed by atoms with E-state index in [1.54, 1.807) is 0 Å². The van der Waals surface area contributed by atoms with Gasteiger partial charge in [-0.25, -0.2) is 0 Å². The Bertz CT molecular complexity index is 436. The van der Waals surface area contributed by atoms with Crippen LogP contribution in [0.2, 0.25) is 0 Å². The van der Waals surface area contributed by atoms with Gasteiger partial charge in [0.2, 0.25) is 0 Å². The van der Waals surface area contributed by atoms with Gasteiger partial charge >= 0.3 is 11.9 Å². The van der Waals surface area contributed by atoms with E-state index in [-0.39, 0.29) is 11.2 Å². The van der Waals surface area contributed by atoms with Crippen molar-refractivity contribution in [3.8, 4) is 0 Å². The van der Waals surface area contributed by atoms with Gasteiger partial charge < -0.3 is 20.3 Å². The lowest BCUT2D eigenvalue weighted by molar-refractivity contribution is -0.142. The van der Waals surface area contributed by atoms with E-state index < -0.39 is 18.1 Å². The molecule has 0 aromatic carbocycles. The number of thioether (sulfide) groups is 1. The number of carbonyl (C=O) groups is 2. The second-order valence-electron chi connectivity index (χ2n) is 8.01. The highest BCUT2D eigenvalue weighted by Gasteiger charge is 2.22. The summed E-state index contributed by atoms with van der Waals surface area (Å²) < 4.78 is 9.36. The third-order valence-electron chi connectivity index (χ3n) is 5.37. The predicted octanol–water partition coefficient (Wildman–Crippen LogP) is 4.60. The molecule has 6 nitrogen and oxygen atoms in total. The van der Waals surface area contributed by atoms with Crippen molar-refractivity contribution in [2.75, 3.05) is 20.0 Å². The monoisotopic (exact) mass is 447 g/mol. The van der Waals surface area contributed by atoms with Crippen LogP contribution in [0.1, 0.15) is 96.8 Å². The van der Waals surface area contributed by atoms with Crippen LogP contribution in [0.3, 0.4) is 0 Å². The minimum Gasteiger partial charge on any atom is -0.469 e. The minimum absolute atomic E-state index is 0.00685. The molecule has 0 saturated heterocycles. The molecule has 0 bridgehead atoms. The molecule has 0 spiro atoms. The summed E-state index contributed by atoms with van der Waals surface area (Å²) in [7, 11) is 2.72. The van der Waals surface area contributed by atoms with Crippen LogP contribution in [-0.2, 0) is 19.1 Å². The molecule has 0 fully saturated rings. The third-order valence-corrected chi connectivity index (χ3v) is 6.90. The van der Waals surface area contributed by atoms with E-state index >= 15 is 0 Å². The van der Waals surface area contributed by atoms with Crippen molar-refractivity contribution in [1.82, 2.24) is 0 Å². The highest BCUT2D eigenvalue weighted by atomic mass is 32.2. The topological polar surface area (TPSA) is 98.9 Å². The predicted molar refractivity (Wildman–Crippen MR) is 125 cm³/mol. The molecule has 0 rings (SSSR count). The lowest BCUT2D eigenvalue weighted by Gasteiger charge is -2.23. The van der Waals surface area contributed by atoms with E-state index in [0.717, 1.165) is 38.5 Å². The fraction of sp³-hybridized carbons (Fsp3) is 0.913. The fourth-order valence-electron chi connectivity index (χ4n) is 3.40. The lowest BCUT2D eigenvalue weighted by Crippen LogP contribution is -2.35. The average molecular weight is 448 g/mol. The number of methoxy groups -OCH3 is 2. The molecule has 30 heavy (non-hydrogen) atoms. The Hall–Kier alpha value is -0.790. The van der Waals surface area contributed by atoms with Crippen LogP contribution in [0.15, 0.2) is 0 Å². The Labute approximate surface area is 188 Å². The molecule has 2 unspecified atom stereocenters. The summed E-state index contributed by atoms with van der Waals surface area (Å²) in [5.41, 5.74) is 5.85. The molecule has 178 valence electrons. The van der Waals surface area contributed by atoms with E-state index in [2.05, 4.69) is 16.4 Å². The van der Waals surface area contributed by atoms with Gasteiger partial charge in [-0.05, 0) is 19.3 Å². The maximum atomic E-state index is 11.5. The molecule has 3 N–H and O–H groups in total. The standard InChI is InChI=1S/C23H45NO5S/c1-4-5-6-7-8-9-10-11-12-15-20(25)21(16-13-14-17-22(26)28-2)30-18-19(24)23(27)29-3/h19-21,25H,4-18,24H2,1-3H3/t19-,20?,21?/m0/s1. The summed E-state index contributed by atoms with van der Waals surface area (Å²) in [5, 5.41) is 10.7. The van der Waals surface area contributed by atoms with Crippen LogP contribution < -0.4 is 5.73 Å². The highest BCUT2D eigenvalue weighted by molar-refractivity contribution is 8.00. The van der Waals surface area contributed by atoms with Crippen molar-refractivity contribution in [1.29, 1.82) is 0 Å². The normalized spacial score (nSPS) is 14.2. The maximum absolute atomic E-state index is 11.5. The van der Waals surface area contributed by atoms with Crippen LogP contribution in [0.4, 0.5) is 0 Å². The van der Waals surface area contributed by atoms with Gasteiger partial charge in [-0.2, -0.15) is 11.8 Å². The van der Waals surface area contributed by atoms with Gasteiger partial charge in [0.05, 0.1) is 20.3 Å². The number of nitrogens with two attached hydrogens (primary N) is 1. The van der Waals surface area contributed by atoms with E-state index in [0.29, 0.717) is 12.2 Å². The molecule has 0 saturated carbocycles. The van der Waals surface area contributed by atoms with Crippen molar-refractivity contribution in [3.63, 3.8) is 0 Å². The number of unbranched alkanes of at least 4 members (excludes halogenated alkanes) is 9. The van der Waals surface area contributed by atoms with E-state index in [9.17, 15) is 14.7 Å². The zero-order valence-electron chi connectivity index (χ0n) is 19.4. The van der Waals surface area contributed by atoms with Crippen molar-refractivity contribution < 1.29 is 24.2 Å². The number of hydrogen-bond acceptors (Lipinski definition) is 7. The molecule has 0 aromatic heterocycles. The number of esters is 2. The molecular formula is C23H45NO5S. The summed E-state index contributed by atoms with van der Waals surface area (Å²) in [4.78, 5) is 22.8. The first-order chi connectivity index (χ1) is 14.5. The van der Waals surface area contributed by atoms with Gasteiger partial charge in [0.1, 0.15) is 6.04 Å². The third kappa shape index (κ3) is 16.0. The van der Waals surface area contributed by atoms with E-state index in [1.165, 1.54) is 70.9 Å². The van der Waals surface area contributed by atoms with Gasteiger partial charge in [0.15, 0.2) is 0 Å². The summed E-state index contributed by atoms with van der Waals surface area (Å²) in [6, 6.07) is -0.683. The quantitative estimate of drug-likeness (QED) is 0.208. The zero-order valence-corrected chi connectivity index (χ0v) is 20.2. The molecule has 0 radical (unpaired) electrons. The van der Waals surface area contributed by atoms with Crippen molar-refractivity contribution in [2.24, 2.45) is 5.73 Å².